The van der Waals surface area contributed by atoms with E-state index < -0.39 is 0 Å². The molecule has 26 heavy (non-hydrogen) atoms. The third-order valence-electron chi connectivity index (χ3n) is 5.31. The summed E-state index contributed by atoms with van der Waals surface area (Å²) in [6, 6.07) is 7.19. The number of nitrogens with zero attached hydrogens (tertiary/aromatic N) is 2. The van der Waals surface area contributed by atoms with Crippen molar-refractivity contribution in [3.8, 4) is 10.4 Å². The van der Waals surface area contributed by atoms with Crippen LogP contribution >= 0.6 is 11.3 Å². The zero-order valence-electron chi connectivity index (χ0n) is 15.2. The van der Waals surface area contributed by atoms with Gasteiger partial charge in [-0.25, -0.2) is 0 Å². The molecule has 0 spiro atoms. The molecule has 136 valence electrons. The molecule has 1 saturated carbocycles. The lowest BCUT2D eigenvalue weighted by Crippen LogP contribution is -2.45. The van der Waals surface area contributed by atoms with Crippen molar-refractivity contribution >= 4 is 23.3 Å². The van der Waals surface area contributed by atoms with Crippen molar-refractivity contribution in [2.75, 3.05) is 13.6 Å². The van der Waals surface area contributed by atoms with Gasteiger partial charge in [-0.2, -0.15) is 0 Å². The van der Waals surface area contributed by atoms with Crippen molar-refractivity contribution in [3.63, 3.8) is 0 Å². The first-order chi connectivity index (χ1) is 12.6. The van der Waals surface area contributed by atoms with Crippen molar-refractivity contribution < 1.29 is 4.79 Å². The molecule has 0 bridgehead atoms. The minimum absolute atomic E-state index is 0.0346. The van der Waals surface area contributed by atoms with Crippen LogP contribution in [0.5, 0.6) is 0 Å². The molecular weight excluding hydrogens is 344 g/mol. The van der Waals surface area contributed by atoms with Crippen molar-refractivity contribution in [2.45, 2.75) is 38.3 Å². The van der Waals surface area contributed by atoms with E-state index in [1.54, 1.807) is 11.3 Å². The SMILES string of the molecule is CC1NC(NC(=O)CN(C)C2CCC2)=Cc2cc(-c3cncs3)ccc21. The van der Waals surface area contributed by atoms with Crippen LogP contribution in [0.1, 0.15) is 43.4 Å². The molecule has 1 fully saturated rings. The van der Waals surface area contributed by atoms with Gasteiger partial charge in [-0.1, -0.05) is 18.6 Å². The lowest BCUT2D eigenvalue weighted by molar-refractivity contribution is -0.122. The zero-order valence-corrected chi connectivity index (χ0v) is 16.0. The van der Waals surface area contributed by atoms with Crippen molar-refractivity contribution in [1.29, 1.82) is 0 Å². The smallest absolute Gasteiger partial charge is 0.239 e. The second-order valence-corrected chi connectivity index (χ2v) is 8.07. The predicted molar refractivity (Wildman–Crippen MR) is 105 cm³/mol. The molecule has 1 aromatic carbocycles. The van der Waals surface area contributed by atoms with E-state index >= 15 is 0 Å². The van der Waals surface area contributed by atoms with E-state index in [9.17, 15) is 4.79 Å². The van der Waals surface area contributed by atoms with E-state index in [-0.39, 0.29) is 11.9 Å². The van der Waals surface area contributed by atoms with Gasteiger partial charge in [0.2, 0.25) is 5.91 Å². The number of hydrogen-bond acceptors (Lipinski definition) is 5. The Bertz CT molecular complexity index is 826. The van der Waals surface area contributed by atoms with Crippen molar-refractivity contribution in [1.82, 2.24) is 20.5 Å². The first-order valence-corrected chi connectivity index (χ1v) is 9.99. The van der Waals surface area contributed by atoms with Crippen molar-refractivity contribution in [3.05, 3.63) is 46.9 Å². The first kappa shape index (κ1) is 17.2. The van der Waals surface area contributed by atoms with Gasteiger partial charge in [-0.05, 0) is 55.6 Å². The summed E-state index contributed by atoms with van der Waals surface area (Å²) in [6.45, 7) is 2.55. The Labute approximate surface area is 158 Å². The van der Waals surface area contributed by atoms with Gasteiger partial charge in [0.05, 0.1) is 23.0 Å². The number of amides is 1. The molecule has 6 heteroatoms. The normalized spacial score (nSPS) is 19.3. The number of likely N-dealkylation sites (N-methyl/N-ethyl adjacent to an activating group) is 1. The lowest BCUT2D eigenvalue weighted by Gasteiger charge is -2.34. The van der Waals surface area contributed by atoms with Crippen LogP contribution in [0.4, 0.5) is 0 Å². The predicted octanol–water partition coefficient (Wildman–Crippen LogP) is 3.37. The highest BCUT2D eigenvalue weighted by atomic mass is 32.1. The highest BCUT2D eigenvalue weighted by Crippen LogP contribution is 2.31. The Morgan fingerprint density at radius 3 is 2.96 bits per heavy atom. The minimum Gasteiger partial charge on any atom is -0.365 e. The zero-order chi connectivity index (χ0) is 18.1. The van der Waals surface area contributed by atoms with Crippen LogP contribution in [-0.2, 0) is 4.79 Å². The van der Waals surface area contributed by atoms with Crippen LogP contribution in [0.15, 0.2) is 35.7 Å². The van der Waals surface area contributed by atoms with Crippen LogP contribution in [0.3, 0.4) is 0 Å². The number of rotatable bonds is 5. The standard InChI is InChI=1S/C20H24N4OS/c1-13-17-7-6-14(18-10-21-12-26-18)8-15(17)9-19(22-13)23-20(25)11-24(2)16-4-3-5-16/h6-10,12-13,16,22H,3-5,11H2,1-2H3,(H,23,25). The Kier molecular flexibility index (Phi) is 4.78. The Hall–Kier alpha value is -2.18. The summed E-state index contributed by atoms with van der Waals surface area (Å²) >= 11 is 1.63. The molecule has 2 aliphatic rings. The molecule has 1 unspecified atom stereocenters. The van der Waals surface area contributed by atoms with E-state index in [2.05, 4.69) is 45.6 Å². The fraction of sp³-hybridized carbons (Fsp3) is 0.400. The summed E-state index contributed by atoms with van der Waals surface area (Å²) in [7, 11) is 2.03. The molecule has 2 aromatic rings. The summed E-state index contributed by atoms with van der Waals surface area (Å²) in [5.74, 6) is 0.811. The molecular formula is C20H24N4OS. The van der Waals surface area contributed by atoms with Gasteiger partial charge in [0.15, 0.2) is 0 Å². The summed E-state index contributed by atoms with van der Waals surface area (Å²) in [5.41, 5.74) is 5.39. The molecule has 2 N–H and O–H groups in total. The molecule has 0 radical (unpaired) electrons. The number of carbonyl (C=O) groups is 1. The first-order valence-electron chi connectivity index (χ1n) is 9.11. The average molecular weight is 369 g/mol. The summed E-state index contributed by atoms with van der Waals surface area (Å²) in [6.07, 6.45) is 7.60. The largest absolute Gasteiger partial charge is 0.365 e. The molecule has 2 heterocycles. The lowest BCUT2D eigenvalue weighted by atomic mass is 9.92. The van der Waals surface area contributed by atoms with Gasteiger partial charge in [-0.3, -0.25) is 14.7 Å². The van der Waals surface area contributed by atoms with Gasteiger partial charge in [0.1, 0.15) is 5.82 Å². The molecule has 1 atom stereocenters. The Morgan fingerprint density at radius 2 is 2.27 bits per heavy atom. The van der Waals surface area contributed by atoms with Crippen LogP contribution in [0.2, 0.25) is 0 Å². The third-order valence-corrected chi connectivity index (χ3v) is 6.13. The number of fused-ring (bicyclic) bond motifs is 1. The van der Waals surface area contributed by atoms with E-state index in [1.807, 2.05) is 24.8 Å². The highest BCUT2D eigenvalue weighted by Gasteiger charge is 2.24. The van der Waals surface area contributed by atoms with Gasteiger partial charge in [-0.15, -0.1) is 11.3 Å². The third kappa shape index (κ3) is 3.52. The highest BCUT2D eigenvalue weighted by molar-refractivity contribution is 7.13. The molecule has 4 rings (SSSR count). The van der Waals surface area contributed by atoms with E-state index in [0.29, 0.717) is 12.6 Å². The van der Waals surface area contributed by atoms with Gasteiger partial charge >= 0.3 is 0 Å². The molecule has 1 aliphatic carbocycles. The average Bonchev–Trinajstić information content (AvgIpc) is 3.06. The molecule has 5 nitrogen and oxygen atoms in total. The van der Waals surface area contributed by atoms with Gasteiger partial charge in [0.25, 0.3) is 0 Å². The second-order valence-electron chi connectivity index (χ2n) is 7.18. The Balaban J connectivity index is 1.49. The van der Waals surface area contributed by atoms with Gasteiger partial charge < -0.3 is 10.6 Å². The van der Waals surface area contributed by atoms with Crippen LogP contribution in [0.25, 0.3) is 16.5 Å². The van der Waals surface area contributed by atoms with Gasteiger partial charge in [0, 0.05) is 12.2 Å². The molecule has 0 saturated heterocycles. The Morgan fingerprint density at radius 1 is 1.42 bits per heavy atom. The summed E-state index contributed by atoms with van der Waals surface area (Å²) in [5, 5.41) is 6.43. The quantitative estimate of drug-likeness (QED) is 0.850. The number of benzene rings is 1. The number of hydrogen-bond donors (Lipinski definition) is 2. The monoisotopic (exact) mass is 368 g/mol. The maximum atomic E-state index is 12.4. The van der Waals surface area contributed by atoms with Crippen LogP contribution in [-0.4, -0.2) is 35.4 Å². The maximum Gasteiger partial charge on any atom is 0.239 e. The number of aromatic nitrogens is 1. The van der Waals surface area contributed by atoms with E-state index in [1.165, 1.54) is 24.8 Å². The number of carbonyl (C=O) groups excluding carboxylic acids is 1. The van der Waals surface area contributed by atoms with Crippen molar-refractivity contribution in [2.24, 2.45) is 0 Å². The van der Waals surface area contributed by atoms with E-state index in [0.717, 1.165) is 21.8 Å². The number of thiazole rings is 1. The molecule has 1 aliphatic heterocycles. The molecule has 1 aromatic heterocycles. The molecule has 1 amide bonds. The fourth-order valence-corrected chi connectivity index (χ4v) is 4.18. The summed E-state index contributed by atoms with van der Waals surface area (Å²) in [4.78, 5) is 19.9. The van der Waals surface area contributed by atoms with Crippen LogP contribution < -0.4 is 10.6 Å². The van der Waals surface area contributed by atoms with Crippen LogP contribution in [0, 0.1) is 0 Å². The minimum atomic E-state index is 0.0346. The maximum absolute atomic E-state index is 12.4. The fourth-order valence-electron chi connectivity index (χ4n) is 3.56. The second kappa shape index (κ2) is 7.21. The van der Waals surface area contributed by atoms with E-state index in [4.69, 9.17) is 0 Å². The number of nitrogens with one attached hydrogen (secondary N) is 2. The summed E-state index contributed by atoms with van der Waals surface area (Å²) < 4.78 is 0. The topological polar surface area (TPSA) is 57.3 Å².